The SMILES string of the molecule is CN(C)C(CNCc1ccc(-c2ccccc2F)o1)c1cccs1. The Morgan fingerprint density at radius 1 is 1.12 bits per heavy atom. The summed E-state index contributed by atoms with van der Waals surface area (Å²) in [6, 6.07) is 14.9. The summed E-state index contributed by atoms with van der Waals surface area (Å²) in [5.41, 5.74) is 0.494. The van der Waals surface area contributed by atoms with Gasteiger partial charge in [-0.1, -0.05) is 18.2 Å². The molecule has 0 saturated heterocycles. The third kappa shape index (κ3) is 3.93. The summed E-state index contributed by atoms with van der Waals surface area (Å²) >= 11 is 1.76. The smallest absolute Gasteiger partial charge is 0.137 e. The molecule has 1 N–H and O–H groups in total. The monoisotopic (exact) mass is 344 g/mol. The predicted molar refractivity (Wildman–Crippen MR) is 96.6 cm³/mol. The molecule has 1 atom stereocenters. The van der Waals surface area contributed by atoms with E-state index in [1.165, 1.54) is 10.9 Å². The van der Waals surface area contributed by atoms with Gasteiger partial charge in [0.2, 0.25) is 0 Å². The van der Waals surface area contributed by atoms with E-state index in [0.29, 0.717) is 23.9 Å². The number of likely N-dealkylation sites (N-methyl/N-ethyl adjacent to an activating group) is 1. The number of nitrogens with zero attached hydrogens (tertiary/aromatic N) is 1. The van der Waals surface area contributed by atoms with Crippen molar-refractivity contribution < 1.29 is 8.81 Å². The highest BCUT2D eigenvalue weighted by Gasteiger charge is 2.15. The minimum absolute atomic E-state index is 0.267. The Bertz CT molecular complexity index is 767. The summed E-state index contributed by atoms with van der Waals surface area (Å²) in [6.45, 7) is 1.44. The topological polar surface area (TPSA) is 28.4 Å². The molecule has 126 valence electrons. The Balaban J connectivity index is 1.60. The molecule has 0 fully saturated rings. The van der Waals surface area contributed by atoms with Crippen molar-refractivity contribution in [2.45, 2.75) is 12.6 Å². The summed E-state index contributed by atoms with van der Waals surface area (Å²) in [4.78, 5) is 3.53. The Kier molecular flexibility index (Phi) is 5.45. The molecular weight excluding hydrogens is 323 g/mol. The zero-order valence-electron chi connectivity index (χ0n) is 13.8. The van der Waals surface area contributed by atoms with Crippen molar-refractivity contribution in [1.29, 1.82) is 0 Å². The van der Waals surface area contributed by atoms with Crippen LogP contribution in [0.3, 0.4) is 0 Å². The number of hydrogen-bond acceptors (Lipinski definition) is 4. The molecule has 2 heterocycles. The standard InChI is InChI=1S/C19H21FN2OS/c1-22(2)17(19-8-5-11-24-19)13-21-12-14-9-10-18(23-14)15-6-3-4-7-16(15)20/h3-11,17,21H,12-13H2,1-2H3. The minimum atomic E-state index is -0.267. The summed E-state index contributed by atoms with van der Waals surface area (Å²) in [5.74, 6) is 1.10. The van der Waals surface area contributed by atoms with Crippen LogP contribution in [-0.2, 0) is 6.54 Å². The van der Waals surface area contributed by atoms with E-state index in [9.17, 15) is 4.39 Å². The lowest BCUT2D eigenvalue weighted by atomic mass is 10.1. The summed E-state index contributed by atoms with van der Waals surface area (Å²) in [7, 11) is 4.16. The molecule has 0 saturated carbocycles. The van der Waals surface area contributed by atoms with Gasteiger partial charge in [0.15, 0.2) is 0 Å². The number of halogens is 1. The molecule has 5 heteroatoms. The normalized spacial score (nSPS) is 12.7. The number of rotatable bonds is 7. The van der Waals surface area contributed by atoms with Gasteiger partial charge in [-0.2, -0.15) is 0 Å². The van der Waals surface area contributed by atoms with Crippen molar-refractivity contribution in [2.24, 2.45) is 0 Å². The lowest BCUT2D eigenvalue weighted by molar-refractivity contribution is 0.289. The van der Waals surface area contributed by atoms with Crippen LogP contribution in [0.1, 0.15) is 16.7 Å². The fourth-order valence-electron chi connectivity index (χ4n) is 2.63. The fourth-order valence-corrected chi connectivity index (χ4v) is 3.55. The second-order valence-corrected chi connectivity index (χ2v) is 6.85. The van der Waals surface area contributed by atoms with Crippen molar-refractivity contribution in [2.75, 3.05) is 20.6 Å². The van der Waals surface area contributed by atoms with Gasteiger partial charge in [-0.15, -0.1) is 11.3 Å². The maximum absolute atomic E-state index is 13.8. The largest absolute Gasteiger partial charge is 0.460 e. The van der Waals surface area contributed by atoms with Crippen LogP contribution in [0.25, 0.3) is 11.3 Å². The lowest BCUT2D eigenvalue weighted by Gasteiger charge is -2.23. The van der Waals surface area contributed by atoms with Crippen molar-refractivity contribution in [3.8, 4) is 11.3 Å². The van der Waals surface area contributed by atoms with Crippen molar-refractivity contribution >= 4 is 11.3 Å². The number of nitrogens with one attached hydrogen (secondary N) is 1. The molecule has 0 bridgehead atoms. The van der Waals surface area contributed by atoms with E-state index in [-0.39, 0.29) is 5.82 Å². The average Bonchev–Trinajstić information content (AvgIpc) is 3.23. The molecule has 0 aliphatic heterocycles. The molecule has 0 spiro atoms. The Labute approximate surface area is 145 Å². The highest BCUT2D eigenvalue weighted by Crippen LogP contribution is 2.25. The van der Waals surface area contributed by atoms with E-state index in [1.807, 2.05) is 18.2 Å². The van der Waals surface area contributed by atoms with Gasteiger partial charge in [0, 0.05) is 11.4 Å². The van der Waals surface area contributed by atoms with Gasteiger partial charge in [-0.05, 0) is 49.8 Å². The van der Waals surface area contributed by atoms with Gasteiger partial charge in [-0.25, -0.2) is 4.39 Å². The first-order valence-electron chi connectivity index (χ1n) is 7.89. The first kappa shape index (κ1) is 16.9. The molecule has 2 aromatic heterocycles. The first-order valence-corrected chi connectivity index (χ1v) is 8.77. The van der Waals surface area contributed by atoms with Gasteiger partial charge in [0.05, 0.1) is 18.2 Å². The molecule has 1 unspecified atom stereocenters. The van der Waals surface area contributed by atoms with Gasteiger partial charge < -0.3 is 14.6 Å². The van der Waals surface area contributed by atoms with Gasteiger partial charge >= 0.3 is 0 Å². The van der Waals surface area contributed by atoms with Crippen LogP contribution in [0.2, 0.25) is 0 Å². The van der Waals surface area contributed by atoms with Crippen LogP contribution in [0.4, 0.5) is 4.39 Å². The average molecular weight is 344 g/mol. The molecule has 3 nitrogen and oxygen atoms in total. The summed E-state index contributed by atoms with van der Waals surface area (Å²) in [5, 5.41) is 5.52. The second-order valence-electron chi connectivity index (χ2n) is 5.87. The van der Waals surface area contributed by atoms with E-state index in [1.54, 1.807) is 23.5 Å². The molecule has 3 aromatic rings. The minimum Gasteiger partial charge on any atom is -0.460 e. The third-order valence-corrected chi connectivity index (χ3v) is 4.91. The number of benzene rings is 1. The quantitative estimate of drug-likeness (QED) is 0.682. The molecule has 0 radical (unpaired) electrons. The number of hydrogen-bond donors (Lipinski definition) is 1. The van der Waals surface area contributed by atoms with E-state index in [4.69, 9.17) is 4.42 Å². The van der Waals surface area contributed by atoms with Crippen LogP contribution in [0.15, 0.2) is 58.3 Å². The Hall–Kier alpha value is -1.95. The van der Waals surface area contributed by atoms with Gasteiger partial charge in [0.1, 0.15) is 17.3 Å². The maximum atomic E-state index is 13.8. The van der Waals surface area contributed by atoms with Crippen molar-refractivity contribution in [3.63, 3.8) is 0 Å². The number of furan rings is 1. The first-order chi connectivity index (χ1) is 11.6. The van der Waals surface area contributed by atoms with E-state index in [2.05, 4.69) is 41.8 Å². The molecule has 1 aromatic carbocycles. The highest BCUT2D eigenvalue weighted by atomic mass is 32.1. The van der Waals surface area contributed by atoms with Crippen LogP contribution < -0.4 is 5.32 Å². The van der Waals surface area contributed by atoms with Gasteiger partial charge in [0.25, 0.3) is 0 Å². The third-order valence-electron chi connectivity index (χ3n) is 3.93. The van der Waals surface area contributed by atoms with Crippen LogP contribution in [-0.4, -0.2) is 25.5 Å². The Morgan fingerprint density at radius 3 is 2.67 bits per heavy atom. The number of thiophene rings is 1. The lowest BCUT2D eigenvalue weighted by Crippen LogP contribution is -2.30. The zero-order valence-corrected chi connectivity index (χ0v) is 14.6. The van der Waals surface area contributed by atoms with Crippen LogP contribution in [0.5, 0.6) is 0 Å². The highest BCUT2D eigenvalue weighted by molar-refractivity contribution is 7.10. The van der Waals surface area contributed by atoms with Gasteiger partial charge in [-0.3, -0.25) is 0 Å². The molecule has 24 heavy (non-hydrogen) atoms. The molecule has 0 aliphatic carbocycles. The predicted octanol–water partition coefficient (Wildman–Crippen LogP) is 4.54. The van der Waals surface area contributed by atoms with E-state index >= 15 is 0 Å². The van der Waals surface area contributed by atoms with E-state index in [0.717, 1.165) is 12.3 Å². The maximum Gasteiger partial charge on any atom is 0.137 e. The van der Waals surface area contributed by atoms with Crippen molar-refractivity contribution in [1.82, 2.24) is 10.2 Å². The summed E-state index contributed by atoms with van der Waals surface area (Å²) < 4.78 is 19.6. The van der Waals surface area contributed by atoms with Crippen LogP contribution >= 0.6 is 11.3 Å². The Morgan fingerprint density at radius 2 is 1.96 bits per heavy atom. The van der Waals surface area contributed by atoms with Crippen LogP contribution in [0, 0.1) is 5.82 Å². The molecule has 3 rings (SSSR count). The molecular formula is C19H21FN2OS. The molecule has 0 aliphatic rings. The summed E-state index contributed by atoms with van der Waals surface area (Å²) in [6.07, 6.45) is 0. The zero-order chi connectivity index (χ0) is 16.9. The molecule has 0 amide bonds. The second kappa shape index (κ2) is 7.75. The fraction of sp³-hybridized carbons (Fsp3) is 0.263. The van der Waals surface area contributed by atoms with Crippen molar-refractivity contribution in [3.05, 3.63) is 70.4 Å². The van der Waals surface area contributed by atoms with E-state index < -0.39 is 0 Å².